The van der Waals surface area contributed by atoms with E-state index in [1.165, 1.54) is 24.1 Å². The van der Waals surface area contributed by atoms with Gasteiger partial charge in [-0.2, -0.15) is 35.9 Å². The molecule has 0 bridgehead atoms. The summed E-state index contributed by atoms with van der Waals surface area (Å²) in [6.45, 7) is 3.69. The zero-order valence-electron chi connectivity index (χ0n) is 16.1. The number of aliphatic imine (C=N–C) groups is 1. The molecule has 0 spiro atoms. The van der Waals surface area contributed by atoms with Gasteiger partial charge >= 0.3 is 13.8 Å². The molecule has 2 aromatic rings. The predicted molar refractivity (Wildman–Crippen MR) is 106 cm³/mol. The van der Waals surface area contributed by atoms with E-state index >= 15 is 0 Å². The van der Waals surface area contributed by atoms with Gasteiger partial charge in [0.2, 0.25) is 0 Å². The SMILES string of the molecule is CC[n+]1cccc(C2=CC(Cc3cc[c-]cc3)=NC2)c1N.CO[P+](=O)C#N.[Rf]. The number of allylic oxidation sites excluding steroid dienone is 1. The van der Waals surface area contributed by atoms with E-state index in [1.54, 1.807) is 0 Å². The van der Waals surface area contributed by atoms with Crippen LogP contribution in [0.1, 0.15) is 18.1 Å². The second-order valence-corrected chi connectivity index (χ2v) is 6.77. The molecule has 1 aromatic heterocycles. The largest absolute Gasteiger partial charge is 0.631 e. The van der Waals surface area contributed by atoms with Crippen molar-refractivity contribution >= 4 is 25.1 Å². The number of aromatic nitrogens is 1. The summed E-state index contributed by atoms with van der Waals surface area (Å²) in [4.78, 5) is 4.63. The van der Waals surface area contributed by atoms with Crippen LogP contribution in [0.5, 0.6) is 0 Å². The van der Waals surface area contributed by atoms with Gasteiger partial charge in [-0.1, -0.05) is 0 Å². The molecule has 1 unspecified atom stereocenters. The number of nitrogen functional groups attached to an aromatic ring is 1. The third-order valence-corrected chi connectivity index (χ3v) is 4.51. The van der Waals surface area contributed by atoms with Gasteiger partial charge < -0.3 is 0 Å². The number of nitriles is 1. The maximum atomic E-state index is 9.75. The molecule has 1 aliphatic rings. The number of hydrogen-bond donors (Lipinski definition) is 1. The molecule has 0 radical (unpaired) electrons. The third kappa shape index (κ3) is 5.84. The smallest absolute Gasteiger partial charge is 0.286 e. The van der Waals surface area contributed by atoms with Crippen molar-refractivity contribution in [3.63, 3.8) is 0 Å². The van der Waals surface area contributed by atoms with E-state index in [0.717, 1.165) is 30.1 Å². The number of anilines is 1. The van der Waals surface area contributed by atoms with Gasteiger partial charge in [0, 0.05) is 5.71 Å². The number of rotatable bonds is 5. The van der Waals surface area contributed by atoms with Crippen LogP contribution in [0.4, 0.5) is 5.82 Å². The maximum Gasteiger partial charge on any atom is 0.631 e. The number of benzene rings is 1. The van der Waals surface area contributed by atoms with Crippen LogP contribution in [0.2, 0.25) is 0 Å². The van der Waals surface area contributed by atoms with E-state index in [4.69, 9.17) is 11.0 Å². The number of hydrogen-bond acceptors (Lipinski definition) is 5. The van der Waals surface area contributed by atoms with Crippen molar-refractivity contribution in [2.75, 3.05) is 19.4 Å². The first-order valence-electron chi connectivity index (χ1n) is 8.47. The summed E-state index contributed by atoms with van der Waals surface area (Å²) < 4.78 is 15.8. The van der Waals surface area contributed by atoms with Crippen molar-refractivity contribution in [2.45, 2.75) is 19.9 Å². The average Bonchev–Trinajstić information content (AvgIpc) is 3.17. The summed E-state index contributed by atoms with van der Waals surface area (Å²) in [6.07, 6.45) is 5.04. The normalized spacial score (nSPS) is 12.5. The van der Waals surface area contributed by atoms with Crippen LogP contribution in [0.3, 0.4) is 0 Å². The van der Waals surface area contributed by atoms with Crippen LogP contribution in [0.15, 0.2) is 53.7 Å². The Kier molecular flexibility index (Phi) is 8.69. The predicted octanol–water partition coefficient (Wildman–Crippen LogP) is 3.31. The van der Waals surface area contributed by atoms with E-state index in [-0.39, 0.29) is 0 Å². The van der Waals surface area contributed by atoms with Gasteiger partial charge in [-0.3, -0.25) is 10.7 Å². The molecule has 140 valence electrons. The molecule has 0 amide bonds. The molecule has 28 heavy (non-hydrogen) atoms. The number of pyridine rings is 1. The Labute approximate surface area is 160 Å². The summed E-state index contributed by atoms with van der Waals surface area (Å²) in [7, 11) is -0.796. The van der Waals surface area contributed by atoms with Crippen LogP contribution < -0.4 is 10.3 Å². The van der Waals surface area contributed by atoms with Crippen molar-refractivity contribution in [3.05, 3.63) is 65.9 Å². The van der Waals surface area contributed by atoms with E-state index in [9.17, 15) is 4.57 Å². The zero-order valence-corrected chi connectivity index (χ0v) is 23.4. The molecule has 8 heteroatoms. The standard InChI is InChI=1S/C18H18N3.C2H3NO2P.Rf/c1-2-21-10-6-9-17(18(21)19)15-12-16(20-13-15)11-14-7-4-3-5-8-14;1-5-6(4)2-3;/h4-10,12,19H,2,11,13H2,1H3;1H3;/q-1;+1;/p+1. The molecular formula is C20H22N4O2PRf+. The summed E-state index contributed by atoms with van der Waals surface area (Å²) in [5.74, 6) is 2.22. The van der Waals surface area contributed by atoms with E-state index in [1.807, 2.05) is 24.4 Å². The van der Waals surface area contributed by atoms with E-state index < -0.39 is 8.03 Å². The summed E-state index contributed by atoms with van der Waals surface area (Å²) in [6, 6.07) is 15.2. The number of aryl methyl sites for hydroxylation is 1. The molecule has 0 aliphatic carbocycles. The van der Waals surface area contributed by atoms with Gasteiger partial charge in [0.05, 0.1) is 32.0 Å². The van der Waals surface area contributed by atoms with Crippen LogP contribution in [-0.2, 0) is 22.1 Å². The van der Waals surface area contributed by atoms with Crippen LogP contribution in [-0.4, -0.2) is 19.4 Å². The molecule has 1 aromatic carbocycles. The van der Waals surface area contributed by atoms with Gasteiger partial charge in [0.15, 0.2) is 0 Å². The molecule has 0 fully saturated rings. The van der Waals surface area contributed by atoms with E-state index in [2.05, 4.69) is 51.3 Å². The van der Waals surface area contributed by atoms with Gasteiger partial charge in [0.1, 0.15) is 0 Å². The molecule has 2 N–H and O–H groups in total. The average molecular weight is 648 g/mol. The molecule has 6 nitrogen and oxygen atoms in total. The first-order valence-corrected chi connectivity index (χ1v) is 9.65. The third-order valence-electron chi connectivity index (χ3n) is 4.01. The van der Waals surface area contributed by atoms with Crippen molar-refractivity contribution < 1.29 is 13.7 Å². The Bertz CT molecular complexity index is 908. The molecule has 3 rings (SSSR count). The second kappa shape index (κ2) is 11.0. The van der Waals surface area contributed by atoms with Crippen LogP contribution in [0.25, 0.3) is 5.57 Å². The molecule has 0 saturated carbocycles. The molecule has 2 heterocycles. The Balaban J connectivity index is 0.000000492. The van der Waals surface area contributed by atoms with Gasteiger partial charge in [-0.05, 0) is 41.7 Å². The van der Waals surface area contributed by atoms with Crippen LogP contribution in [0, 0.1) is 17.1 Å². The fourth-order valence-electron chi connectivity index (χ4n) is 2.65. The van der Waals surface area contributed by atoms with Crippen molar-refractivity contribution in [3.8, 4) is 5.81 Å². The molecule has 1 aliphatic heterocycles. The fraction of sp³-hybridized carbons (Fsp3) is 0.250. The minimum absolute atomic E-state index is 0. The van der Waals surface area contributed by atoms with Crippen molar-refractivity contribution in [2.24, 2.45) is 4.99 Å². The first kappa shape index (κ1) is 22.2. The van der Waals surface area contributed by atoms with Crippen LogP contribution >= 0.6 is 8.03 Å². The molecule has 1 atom stereocenters. The number of nitrogens with zero attached hydrogens (tertiary/aromatic N) is 3. The Morgan fingerprint density at radius 2 is 2.11 bits per heavy atom. The van der Waals surface area contributed by atoms with Crippen molar-refractivity contribution in [1.82, 2.24) is 0 Å². The zero-order chi connectivity index (χ0) is 19.6. The Morgan fingerprint density at radius 1 is 1.39 bits per heavy atom. The van der Waals surface area contributed by atoms with Gasteiger partial charge in [-0.15, -0.1) is 9.79 Å². The topological polar surface area (TPSA) is 92.3 Å². The summed E-state index contributed by atoms with van der Waals surface area (Å²) in [5.41, 5.74) is 10.9. The fourth-order valence-corrected chi connectivity index (χ4v) is 2.73. The van der Waals surface area contributed by atoms with Crippen molar-refractivity contribution in [1.29, 1.82) is 5.26 Å². The van der Waals surface area contributed by atoms with Gasteiger partial charge in [0.25, 0.3) is 5.82 Å². The monoisotopic (exact) mass is 648 g/mol. The summed E-state index contributed by atoms with van der Waals surface area (Å²) in [5, 5.41) is 7.68. The van der Waals surface area contributed by atoms with E-state index in [0.29, 0.717) is 6.54 Å². The number of nitrogens with two attached hydrogens (primary N) is 1. The quantitative estimate of drug-likeness (QED) is 0.306. The summed E-state index contributed by atoms with van der Waals surface area (Å²) >= 11 is 0. The minimum atomic E-state index is -2.02. The van der Waals surface area contributed by atoms with Gasteiger partial charge in [-0.25, -0.2) is 4.57 Å². The Morgan fingerprint density at radius 3 is 2.68 bits per heavy atom. The molecular weight excluding hydrogens is 626 g/mol. The Hall–Kier alpha value is -3.87. The minimum Gasteiger partial charge on any atom is -0.286 e. The first-order chi connectivity index (χ1) is 13.1. The maximum absolute atomic E-state index is 9.75. The second-order valence-electron chi connectivity index (χ2n) is 5.69. The molecule has 0 saturated heterocycles.